The average molecular weight is 305 g/mol. The van der Waals surface area contributed by atoms with E-state index in [0.29, 0.717) is 6.42 Å². The summed E-state index contributed by atoms with van der Waals surface area (Å²) >= 11 is 0. The van der Waals surface area contributed by atoms with E-state index in [-0.39, 0.29) is 17.2 Å². The number of rotatable bonds is 2. The van der Waals surface area contributed by atoms with Gasteiger partial charge in [0.2, 0.25) is 10.0 Å². The molecule has 2 unspecified atom stereocenters. The van der Waals surface area contributed by atoms with Crippen LogP contribution in [0.3, 0.4) is 0 Å². The van der Waals surface area contributed by atoms with Gasteiger partial charge in [0.15, 0.2) is 9.84 Å². The van der Waals surface area contributed by atoms with Gasteiger partial charge in [-0.2, -0.15) is 4.31 Å². The Kier molecular flexibility index (Phi) is 2.74. The van der Waals surface area contributed by atoms with Gasteiger partial charge in [0, 0.05) is 12.6 Å². The SMILES string of the molecule is O=S1(=O)CC2CC1CN2S(=O)(=O)c1cccc(F)c1. The Balaban J connectivity index is 1.96. The van der Waals surface area contributed by atoms with E-state index in [1.54, 1.807) is 0 Å². The van der Waals surface area contributed by atoms with Gasteiger partial charge < -0.3 is 0 Å². The molecule has 0 aliphatic carbocycles. The summed E-state index contributed by atoms with van der Waals surface area (Å²) in [6.07, 6.45) is 0.344. The van der Waals surface area contributed by atoms with Gasteiger partial charge in [-0.3, -0.25) is 0 Å². The first kappa shape index (κ1) is 13.0. The van der Waals surface area contributed by atoms with Crippen LogP contribution in [0.15, 0.2) is 29.2 Å². The first-order valence-electron chi connectivity index (χ1n) is 5.80. The number of sulfone groups is 1. The molecule has 3 rings (SSSR count). The van der Waals surface area contributed by atoms with E-state index >= 15 is 0 Å². The van der Waals surface area contributed by atoms with Gasteiger partial charge in [0.25, 0.3) is 0 Å². The first-order valence-corrected chi connectivity index (χ1v) is 8.95. The molecule has 0 aromatic heterocycles. The van der Waals surface area contributed by atoms with Gasteiger partial charge in [-0.05, 0) is 24.6 Å². The van der Waals surface area contributed by atoms with E-state index in [2.05, 4.69) is 0 Å². The Morgan fingerprint density at radius 2 is 2.05 bits per heavy atom. The molecule has 19 heavy (non-hydrogen) atoms. The van der Waals surface area contributed by atoms with E-state index in [0.717, 1.165) is 6.07 Å². The minimum absolute atomic E-state index is 0.0220. The molecule has 2 atom stereocenters. The zero-order valence-electron chi connectivity index (χ0n) is 9.86. The van der Waals surface area contributed by atoms with Crippen molar-refractivity contribution in [1.29, 1.82) is 0 Å². The van der Waals surface area contributed by atoms with Crippen LogP contribution < -0.4 is 0 Å². The minimum atomic E-state index is -3.81. The van der Waals surface area contributed by atoms with Crippen molar-refractivity contribution < 1.29 is 21.2 Å². The minimum Gasteiger partial charge on any atom is -0.228 e. The first-order chi connectivity index (χ1) is 8.80. The van der Waals surface area contributed by atoms with Crippen molar-refractivity contribution >= 4 is 19.9 Å². The number of nitrogens with zero attached hydrogens (tertiary/aromatic N) is 1. The maximum absolute atomic E-state index is 13.1. The molecule has 2 aliphatic rings. The second-order valence-electron chi connectivity index (χ2n) is 4.87. The van der Waals surface area contributed by atoms with E-state index < -0.39 is 37.0 Å². The molecule has 0 amide bonds. The fourth-order valence-corrected chi connectivity index (χ4v) is 6.65. The van der Waals surface area contributed by atoms with Crippen LogP contribution in [0.25, 0.3) is 0 Å². The molecule has 0 radical (unpaired) electrons. The molecule has 5 nitrogen and oxygen atoms in total. The molecule has 2 saturated heterocycles. The largest absolute Gasteiger partial charge is 0.243 e. The number of halogens is 1. The van der Waals surface area contributed by atoms with Crippen LogP contribution in [0.5, 0.6) is 0 Å². The van der Waals surface area contributed by atoms with Crippen molar-refractivity contribution in [1.82, 2.24) is 4.31 Å². The maximum Gasteiger partial charge on any atom is 0.243 e. The molecule has 2 heterocycles. The summed E-state index contributed by atoms with van der Waals surface area (Å²) in [6.45, 7) is -0.0220. The molecule has 2 fully saturated rings. The standard InChI is InChI=1S/C11H12FNO4S2/c12-8-2-1-3-10(4-8)19(16,17)13-6-11-5-9(13)7-18(11,14)15/h1-4,9,11H,5-7H2. The van der Waals surface area contributed by atoms with Gasteiger partial charge >= 0.3 is 0 Å². The van der Waals surface area contributed by atoms with Crippen LogP contribution >= 0.6 is 0 Å². The fraction of sp³-hybridized carbons (Fsp3) is 0.455. The second-order valence-corrected chi connectivity index (χ2v) is 9.09. The maximum atomic E-state index is 13.1. The van der Waals surface area contributed by atoms with Gasteiger partial charge in [-0.1, -0.05) is 6.07 Å². The zero-order valence-corrected chi connectivity index (χ0v) is 11.5. The lowest BCUT2D eigenvalue weighted by Gasteiger charge is -2.26. The normalized spacial score (nSPS) is 29.7. The van der Waals surface area contributed by atoms with Crippen LogP contribution in [-0.4, -0.2) is 44.7 Å². The number of hydrogen-bond acceptors (Lipinski definition) is 4. The van der Waals surface area contributed by atoms with Crippen LogP contribution in [0.2, 0.25) is 0 Å². The highest BCUT2D eigenvalue weighted by atomic mass is 32.2. The van der Waals surface area contributed by atoms with Gasteiger partial charge in [0.1, 0.15) is 5.82 Å². The van der Waals surface area contributed by atoms with Gasteiger partial charge in [-0.25, -0.2) is 21.2 Å². The summed E-state index contributed by atoms with van der Waals surface area (Å²) in [5, 5.41) is -0.610. The van der Waals surface area contributed by atoms with Gasteiger partial charge in [0.05, 0.1) is 15.9 Å². The summed E-state index contributed by atoms with van der Waals surface area (Å²) in [7, 11) is -6.96. The molecule has 2 aliphatic heterocycles. The Hall–Kier alpha value is -0.990. The molecule has 1 aromatic carbocycles. The van der Waals surface area contributed by atoms with Crippen LogP contribution in [0, 0.1) is 5.82 Å². The molecule has 2 bridgehead atoms. The molecule has 0 spiro atoms. The summed E-state index contributed by atoms with van der Waals surface area (Å²) < 4.78 is 62.2. The number of benzene rings is 1. The summed E-state index contributed by atoms with van der Waals surface area (Å²) in [4.78, 5) is -0.127. The molecule has 104 valence electrons. The molecule has 0 saturated carbocycles. The van der Waals surface area contributed by atoms with Crippen molar-refractivity contribution in [3.05, 3.63) is 30.1 Å². The molecular weight excluding hydrogens is 293 g/mol. The third-order valence-corrected chi connectivity index (χ3v) is 7.78. The van der Waals surface area contributed by atoms with Crippen LogP contribution in [-0.2, 0) is 19.9 Å². The monoisotopic (exact) mass is 305 g/mol. The molecular formula is C11H12FNO4S2. The van der Waals surface area contributed by atoms with Gasteiger partial charge in [-0.15, -0.1) is 0 Å². The summed E-state index contributed by atoms with van der Waals surface area (Å²) in [5.74, 6) is -0.760. The number of sulfonamides is 1. The average Bonchev–Trinajstić information content (AvgIpc) is 2.84. The van der Waals surface area contributed by atoms with Crippen molar-refractivity contribution in [2.45, 2.75) is 22.6 Å². The van der Waals surface area contributed by atoms with E-state index in [4.69, 9.17) is 0 Å². The lowest BCUT2D eigenvalue weighted by Crippen LogP contribution is -2.43. The van der Waals surface area contributed by atoms with Crippen molar-refractivity contribution in [2.24, 2.45) is 0 Å². The van der Waals surface area contributed by atoms with Crippen LogP contribution in [0.1, 0.15) is 6.42 Å². The van der Waals surface area contributed by atoms with E-state index in [1.807, 2.05) is 0 Å². The van der Waals surface area contributed by atoms with Crippen molar-refractivity contribution in [3.63, 3.8) is 0 Å². The fourth-order valence-electron chi connectivity index (χ4n) is 2.72. The molecule has 1 aromatic rings. The smallest absolute Gasteiger partial charge is 0.228 e. The Morgan fingerprint density at radius 3 is 2.58 bits per heavy atom. The third-order valence-electron chi connectivity index (χ3n) is 3.66. The second kappa shape index (κ2) is 4.00. The Bertz CT molecular complexity index is 729. The van der Waals surface area contributed by atoms with E-state index in [1.165, 1.54) is 22.5 Å². The van der Waals surface area contributed by atoms with Crippen molar-refractivity contribution in [2.75, 3.05) is 12.3 Å². The Morgan fingerprint density at radius 1 is 1.32 bits per heavy atom. The highest BCUT2D eigenvalue weighted by molar-refractivity contribution is 7.93. The third kappa shape index (κ3) is 1.98. The topological polar surface area (TPSA) is 71.5 Å². The highest BCUT2D eigenvalue weighted by Crippen LogP contribution is 2.36. The predicted octanol–water partition coefficient (Wildman–Crippen LogP) is 0.386. The predicted molar refractivity (Wildman–Crippen MR) is 66.3 cm³/mol. The lowest BCUT2D eigenvalue weighted by atomic mass is 10.3. The number of hydrogen-bond donors (Lipinski definition) is 0. The van der Waals surface area contributed by atoms with E-state index in [9.17, 15) is 21.2 Å². The zero-order chi connectivity index (χ0) is 13.8. The lowest BCUT2D eigenvalue weighted by molar-refractivity contribution is 0.402. The summed E-state index contributed by atoms with van der Waals surface area (Å²) in [5.41, 5.74) is 0. The quantitative estimate of drug-likeness (QED) is 0.792. The summed E-state index contributed by atoms with van der Waals surface area (Å²) in [6, 6.07) is 4.25. The number of fused-ring (bicyclic) bond motifs is 2. The highest BCUT2D eigenvalue weighted by Gasteiger charge is 2.52. The molecule has 0 N–H and O–H groups in total. The Labute approximate surface area is 111 Å². The van der Waals surface area contributed by atoms with Crippen molar-refractivity contribution in [3.8, 4) is 0 Å². The molecule has 8 heteroatoms. The van der Waals surface area contributed by atoms with Crippen LogP contribution in [0.4, 0.5) is 4.39 Å².